The Bertz CT molecular complexity index is 330. The average Bonchev–Trinajstić information content (AvgIpc) is 2.15. The first-order valence-corrected chi connectivity index (χ1v) is 4.31. The van der Waals surface area contributed by atoms with Crippen LogP contribution < -0.4 is 0 Å². The largest absolute Gasteiger partial charge is 0.481 e. The van der Waals surface area contributed by atoms with Crippen molar-refractivity contribution in [1.29, 1.82) is 0 Å². The van der Waals surface area contributed by atoms with Gasteiger partial charge in [-0.15, -0.1) is 0 Å². The van der Waals surface area contributed by atoms with E-state index in [1.165, 1.54) is 0 Å². The van der Waals surface area contributed by atoms with Gasteiger partial charge < -0.3 is 25.2 Å². The average molecular weight is 264 g/mol. The van der Waals surface area contributed by atoms with Crippen LogP contribution in [-0.4, -0.2) is 57.5 Å². The van der Waals surface area contributed by atoms with Gasteiger partial charge in [0.05, 0.1) is 6.42 Å². The molecule has 0 fully saturated rings. The molecule has 9 nitrogen and oxygen atoms in total. The summed E-state index contributed by atoms with van der Waals surface area (Å²) in [5.41, 5.74) is -0.303. The highest BCUT2D eigenvalue weighted by Crippen LogP contribution is 1.95. The van der Waals surface area contributed by atoms with Gasteiger partial charge in [-0.05, 0) is 0 Å². The summed E-state index contributed by atoms with van der Waals surface area (Å²) in [5, 5.41) is 31.9. The lowest BCUT2D eigenvalue weighted by molar-refractivity contribution is -0.148. The summed E-state index contributed by atoms with van der Waals surface area (Å²) in [5.74, 6) is -4.78. The fourth-order valence-electron chi connectivity index (χ4n) is 0.484. The number of hydrogen-bond donors (Lipinski definition) is 4. The third-order valence-corrected chi connectivity index (χ3v) is 1.12. The van der Waals surface area contributed by atoms with Gasteiger partial charge in [-0.1, -0.05) is 6.58 Å². The highest BCUT2D eigenvalue weighted by molar-refractivity contribution is 5.91. The molecule has 0 rings (SSSR count). The van der Waals surface area contributed by atoms with E-state index in [2.05, 4.69) is 11.3 Å². The third kappa shape index (κ3) is 16.0. The molecule has 0 spiro atoms. The van der Waals surface area contributed by atoms with Crippen molar-refractivity contribution in [2.24, 2.45) is 0 Å². The Morgan fingerprint density at radius 3 is 1.39 bits per heavy atom. The van der Waals surface area contributed by atoms with Crippen LogP contribution in [0.25, 0.3) is 0 Å². The minimum atomic E-state index is -1.27. The van der Waals surface area contributed by atoms with Gasteiger partial charge in [-0.3, -0.25) is 4.79 Å². The number of hydrogen-bond acceptors (Lipinski definition) is 5. The van der Waals surface area contributed by atoms with Crippen LogP contribution in [0.1, 0.15) is 6.42 Å². The summed E-state index contributed by atoms with van der Waals surface area (Å²) in [4.78, 5) is 39.0. The van der Waals surface area contributed by atoms with E-state index in [0.29, 0.717) is 0 Å². The second kappa shape index (κ2) is 9.78. The van der Waals surface area contributed by atoms with Crippen LogP contribution in [0.15, 0.2) is 12.2 Å². The molecule has 102 valence electrons. The van der Waals surface area contributed by atoms with E-state index < -0.39 is 43.5 Å². The molecule has 0 aromatic rings. The molecule has 0 saturated heterocycles. The van der Waals surface area contributed by atoms with Crippen LogP contribution >= 0.6 is 0 Å². The standard InChI is InChI=1S/C5H6O4.C4H6O5/c1-3(5(8)9)2-4(6)7;5-3(6)1-9-2-4(7)8/h1-2H2,(H,6,7)(H,8,9);1-2H2,(H,5,6)(H,7,8). The minimum absolute atomic E-state index is 0.303. The third-order valence-electron chi connectivity index (χ3n) is 1.12. The zero-order chi connectivity index (χ0) is 14.7. The lowest BCUT2D eigenvalue weighted by Crippen LogP contribution is -2.13. The normalized spacial score (nSPS) is 8.67. The molecule has 0 aromatic heterocycles. The fourth-order valence-corrected chi connectivity index (χ4v) is 0.484. The van der Waals surface area contributed by atoms with Gasteiger partial charge in [0.15, 0.2) is 0 Å². The lowest BCUT2D eigenvalue weighted by Gasteiger charge is -1.92. The van der Waals surface area contributed by atoms with Crippen molar-refractivity contribution in [3.8, 4) is 0 Å². The number of ether oxygens (including phenoxy) is 1. The van der Waals surface area contributed by atoms with E-state index in [1.54, 1.807) is 0 Å². The Labute approximate surface area is 101 Å². The Hall–Kier alpha value is -2.42. The number of aliphatic carboxylic acids is 4. The molecular weight excluding hydrogens is 252 g/mol. The zero-order valence-corrected chi connectivity index (χ0v) is 9.16. The second-order valence-electron chi connectivity index (χ2n) is 2.76. The molecule has 0 aliphatic heterocycles. The first kappa shape index (κ1) is 18.0. The van der Waals surface area contributed by atoms with Gasteiger partial charge in [0.1, 0.15) is 13.2 Å². The Kier molecular flexibility index (Phi) is 9.76. The number of rotatable bonds is 7. The van der Waals surface area contributed by atoms with Gasteiger partial charge in [0, 0.05) is 5.57 Å². The summed E-state index contributed by atoms with van der Waals surface area (Å²) in [6, 6.07) is 0. The van der Waals surface area contributed by atoms with Crippen LogP contribution in [0.5, 0.6) is 0 Å². The fraction of sp³-hybridized carbons (Fsp3) is 0.333. The molecule has 0 atom stereocenters. The summed E-state index contributed by atoms with van der Waals surface area (Å²) < 4.78 is 4.16. The van der Waals surface area contributed by atoms with Crippen molar-refractivity contribution in [2.75, 3.05) is 13.2 Å². The molecule has 9 heteroatoms. The topological polar surface area (TPSA) is 158 Å². The molecule has 0 aliphatic rings. The Morgan fingerprint density at radius 2 is 1.22 bits per heavy atom. The molecule has 18 heavy (non-hydrogen) atoms. The van der Waals surface area contributed by atoms with Gasteiger partial charge in [-0.2, -0.15) is 0 Å². The molecule has 0 aromatic carbocycles. The maximum Gasteiger partial charge on any atom is 0.331 e. The van der Waals surface area contributed by atoms with Crippen molar-refractivity contribution in [3.63, 3.8) is 0 Å². The van der Waals surface area contributed by atoms with Crippen molar-refractivity contribution >= 4 is 23.9 Å². The van der Waals surface area contributed by atoms with Crippen LogP contribution in [0.2, 0.25) is 0 Å². The highest BCUT2D eigenvalue weighted by atomic mass is 16.5. The molecule has 0 aliphatic carbocycles. The predicted octanol–water partition coefficient (Wildman–Crippen LogP) is -0.726. The van der Waals surface area contributed by atoms with Gasteiger partial charge in [0.2, 0.25) is 0 Å². The summed E-state index contributed by atoms with van der Waals surface area (Å²) in [6.45, 7) is 1.89. The second-order valence-corrected chi connectivity index (χ2v) is 2.76. The highest BCUT2D eigenvalue weighted by Gasteiger charge is 2.07. The molecule has 0 heterocycles. The Morgan fingerprint density at radius 1 is 0.833 bits per heavy atom. The van der Waals surface area contributed by atoms with Crippen LogP contribution in [0.4, 0.5) is 0 Å². The number of carboxylic acids is 4. The zero-order valence-electron chi connectivity index (χ0n) is 9.16. The van der Waals surface area contributed by atoms with Crippen molar-refractivity contribution in [1.82, 2.24) is 0 Å². The summed E-state index contributed by atoms with van der Waals surface area (Å²) in [6.07, 6.45) is -0.505. The predicted molar refractivity (Wildman–Crippen MR) is 55.1 cm³/mol. The molecule has 0 unspecified atom stereocenters. The first-order valence-electron chi connectivity index (χ1n) is 4.31. The molecule has 0 saturated carbocycles. The molecule has 0 radical (unpaired) electrons. The quantitative estimate of drug-likeness (QED) is 0.435. The van der Waals surface area contributed by atoms with Gasteiger partial charge in [-0.25, -0.2) is 14.4 Å². The summed E-state index contributed by atoms with van der Waals surface area (Å²) >= 11 is 0. The minimum Gasteiger partial charge on any atom is -0.481 e. The number of carboxylic acid groups (broad SMARTS) is 4. The van der Waals surface area contributed by atoms with Crippen LogP contribution in [-0.2, 0) is 23.9 Å². The van der Waals surface area contributed by atoms with Gasteiger partial charge in [0.25, 0.3) is 0 Å². The van der Waals surface area contributed by atoms with Gasteiger partial charge >= 0.3 is 23.9 Å². The van der Waals surface area contributed by atoms with Crippen LogP contribution in [0, 0.1) is 0 Å². The first-order chi connectivity index (χ1) is 8.16. The molecule has 0 bridgehead atoms. The molecular formula is C9H12O9. The maximum absolute atomic E-state index is 9.87. The van der Waals surface area contributed by atoms with E-state index in [9.17, 15) is 19.2 Å². The van der Waals surface area contributed by atoms with E-state index in [1.807, 2.05) is 0 Å². The molecule has 0 amide bonds. The van der Waals surface area contributed by atoms with Crippen molar-refractivity contribution in [3.05, 3.63) is 12.2 Å². The molecule has 4 N–H and O–H groups in total. The smallest absolute Gasteiger partial charge is 0.331 e. The monoisotopic (exact) mass is 264 g/mol. The summed E-state index contributed by atoms with van der Waals surface area (Å²) in [7, 11) is 0. The van der Waals surface area contributed by atoms with E-state index in [4.69, 9.17) is 20.4 Å². The number of carbonyl (C=O) groups is 4. The maximum atomic E-state index is 9.87. The van der Waals surface area contributed by atoms with E-state index in [0.717, 1.165) is 0 Å². The van der Waals surface area contributed by atoms with Crippen LogP contribution in [0.3, 0.4) is 0 Å². The van der Waals surface area contributed by atoms with E-state index in [-0.39, 0.29) is 5.57 Å². The lowest BCUT2D eigenvalue weighted by atomic mass is 10.2. The van der Waals surface area contributed by atoms with E-state index >= 15 is 0 Å². The van der Waals surface area contributed by atoms with Crippen molar-refractivity contribution in [2.45, 2.75) is 6.42 Å². The van der Waals surface area contributed by atoms with Crippen molar-refractivity contribution < 1.29 is 44.3 Å². The Balaban J connectivity index is 0. The SMILES string of the molecule is C=C(CC(=O)O)C(=O)O.O=C(O)COCC(=O)O.